The fourth-order valence-corrected chi connectivity index (χ4v) is 2.71. The van der Waals surface area contributed by atoms with E-state index in [0.717, 1.165) is 31.6 Å². The molecule has 0 spiro atoms. The summed E-state index contributed by atoms with van der Waals surface area (Å²) in [6.07, 6.45) is 2.07. The molecule has 1 aromatic carbocycles. The molecule has 19 heavy (non-hydrogen) atoms. The number of carboxylic acids is 1. The van der Waals surface area contributed by atoms with E-state index in [1.807, 2.05) is 12.1 Å². The molecule has 0 amide bonds. The van der Waals surface area contributed by atoms with Crippen molar-refractivity contribution in [1.82, 2.24) is 4.90 Å². The number of rotatable bonds is 5. The van der Waals surface area contributed by atoms with E-state index < -0.39 is 5.97 Å². The van der Waals surface area contributed by atoms with E-state index >= 15 is 0 Å². The van der Waals surface area contributed by atoms with Crippen LogP contribution >= 0.6 is 0 Å². The minimum Gasteiger partial charge on any atom is -0.478 e. The van der Waals surface area contributed by atoms with E-state index in [2.05, 4.69) is 18.9 Å². The van der Waals surface area contributed by atoms with Crippen molar-refractivity contribution in [2.75, 3.05) is 20.2 Å². The summed E-state index contributed by atoms with van der Waals surface area (Å²) in [5, 5.41) is 9.15. The zero-order valence-electron chi connectivity index (χ0n) is 11.5. The summed E-state index contributed by atoms with van der Waals surface area (Å²) in [5.41, 5.74) is 1.31. The fourth-order valence-electron chi connectivity index (χ4n) is 2.71. The molecule has 1 heterocycles. The molecule has 1 saturated heterocycles. The lowest BCUT2D eigenvalue weighted by atomic mass is 10.0. The van der Waals surface area contributed by atoms with Crippen LogP contribution in [-0.4, -0.2) is 48.3 Å². The largest absolute Gasteiger partial charge is 0.478 e. The van der Waals surface area contributed by atoms with Gasteiger partial charge in [0.2, 0.25) is 0 Å². The van der Waals surface area contributed by atoms with Crippen molar-refractivity contribution in [3.05, 3.63) is 35.4 Å². The predicted octanol–water partition coefficient (Wildman–Crippen LogP) is 2.04. The van der Waals surface area contributed by atoms with Gasteiger partial charge in [-0.1, -0.05) is 18.2 Å². The van der Waals surface area contributed by atoms with Crippen molar-refractivity contribution in [3.8, 4) is 0 Å². The Morgan fingerprint density at radius 3 is 2.84 bits per heavy atom. The number of hydrogen-bond donors (Lipinski definition) is 1. The Labute approximate surface area is 114 Å². The number of carboxylic acid groups (broad SMARTS) is 1. The van der Waals surface area contributed by atoms with Crippen LogP contribution in [0.3, 0.4) is 0 Å². The molecule has 0 aliphatic carbocycles. The Balaban J connectivity index is 1.97. The van der Waals surface area contributed by atoms with Crippen LogP contribution in [0.2, 0.25) is 0 Å². The highest BCUT2D eigenvalue weighted by atomic mass is 16.5. The maximum Gasteiger partial charge on any atom is 0.335 e. The number of benzene rings is 1. The first-order valence-corrected chi connectivity index (χ1v) is 6.72. The molecule has 1 aliphatic rings. The second kappa shape index (κ2) is 6.17. The zero-order valence-corrected chi connectivity index (χ0v) is 11.5. The van der Waals surface area contributed by atoms with E-state index in [4.69, 9.17) is 9.84 Å². The molecule has 0 bridgehead atoms. The fraction of sp³-hybridized carbons (Fsp3) is 0.533. The van der Waals surface area contributed by atoms with E-state index in [9.17, 15) is 4.79 Å². The third-order valence-corrected chi connectivity index (χ3v) is 3.88. The van der Waals surface area contributed by atoms with Gasteiger partial charge in [0, 0.05) is 19.2 Å². The van der Waals surface area contributed by atoms with Crippen LogP contribution in [0.15, 0.2) is 24.3 Å². The highest BCUT2D eigenvalue weighted by Gasteiger charge is 2.27. The first kappa shape index (κ1) is 14.0. The number of hydrogen-bond acceptors (Lipinski definition) is 3. The van der Waals surface area contributed by atoms with Crippen molar-refractivity contribution in [3.63, 3.8) is 0 Å². The SMILES string of the molecule is CC1OCCC1N(C)CCc1ccccc1C(=O)O. The average molecular weight is 263 g/mol. The molecule has 1 fully saturated rings. The van der Waals surface area contributed by atoms with Gasteiger partial charge in [-0.15, -0.1) is 0 Å². The first-order valence-electron chi connectivity index (χ1n) is 6.72. The molecule has 0 saturated carbocycles. The Morgan fingerprint density at radius 2 is 2.21 bits per heavy atom. The lowest BCUT2D eigenvalue weighted by Gasteiger charge is -2.26. The molecule has 104 valence electrons. The number of nitrogens with zero attached hydrogens (tertiary/aromatic N) is 1. The second-order valence-corrected chi connectivity index (χ2v) is 5.12. The van der Waals surface area contributed by atoms with Crippen molar-refractivity contribution in [2.24, 2.45) is 0 Å². The van der Waals surface area contributed by atoms with Gasteiger partial charge in [-0.3, -0.25) is 0 Å². The van der Waals surface area contributed by atoms with Gasteiger partial charge in [0.25, 0.3) is 0 Å². The Hall–Kier alpha value is -1.39. The normalized spacial score (nSPS) is 22.9. The highest BCUT2D eigenvalue weighted by Crippen LogP contribution is 2.19. The summed E-state index contributed by atoms with van der Waals surface area (Å²) in [7, 11) is 2.08. The van der Waals surface area contributed by atoms with Gasteiger partial charge in [-0.25, -0.2) is 4.79 Å². The molecule has 0 radical (unpaired) electrons. The number of carbonyl (C=O) groups is 1. The standard InChI is InChI=1S/C15H21NO3/c1-11-14(8-10-19-11)16(2)9-7-12-5-3-4-6-13(12)15(17)18/h3-6,11,14H,7-10H2,1-2H3,(H,17,18). The minimum absolute atomic E-state index is 0.264. The average Bonchev–Trinajstić information content (AvgIpc) is 2.82. The number of ether oxygens (including phenoxy) is 1. The molecule has 1 aliphatic heterocycles. The third-order valence-electron chi connectivity index (χ3n) is 3.88. The van der Waals surface area contributed by atoms with E-state index in [0.29, 0.717) is 11.6 Å². The van der Waals surface area contributed by atoms with Crippen LogP contribution in [0.4, 0.5) is 0 Å². The van der Waals surface area contributed by atoms with Gasteiger partial charge in [-0.05, 0) is 38.4 Å². The molecule has 2 atom stereocenters. The topological polar surface area (TPSA) is 49.8 Å². The Bertz CT molecular complexity index is 447. The van der Waals surface area contributed by atoms with Crippen molar-refractivity contribution >= 4 is 5.97 Å². The number of aromatic carboxylic acids is 1. The summed E-state index contributed by atoms with van der Waals surface area (Å²) in [5.74, 6) is -0.851. The lowest BCUT2D eigenvalue weighted by Crippen LogP contribution is -2.38. The molecule has 1 N–H and O–H groups in total. The van der Waals surface area contributed by atoms with Crippen LogP contribution in [0, 0.1) is 0 Å². The van der Waals surface area contributed by atoms with Gasteiger partial charge < -0.3 is 14.7 Å². The zero-order chi connectivity index (χ0) is 13.8. The van der Waals surface area contributed by atoms with Crippen LogP contribution in [0.5, 0.6) is 0 Å². The molecule has 4 heteroatoms. The van der Waals surface area contributed by atoms with Crippen LogP contribution < -0.4 is 0 Å². The highest BCUT2D eigenvalue weighted by molar-refractivity contribution is 5.89. The maximum absolute atomic E-state index is 11.1. The molecule has 4 nitrogen and oxygen atoms in total. The van der Waals surface area contributed by atoms with Crippen LogP contribution in [0.1, 0.15) is 29.3 Å². The van der Waals surface area contributed by atoms with Gasteiger partial charge in [0.1, 0.15) is 0 Å². The van der Waals surface area contributed by atoms with Gasteiger partial charge >= 0.3 is 5.97 Å². The van der Waals surface area contributed by atoms with Gasteiger partial charge in [-0.2, -0.15) is 0 Å². The minimum atomic E-state index is -0.851. The Morgan fingerprint density at radius 1 is 1.47 bits per heavy atom. The molecular formula is C15H21NO3. The van der Waals surface area contributed by atoms with Crippen LogP contribution in [-0.2, 0) is 11.2 Å². The molecule has 2 unspecified atom stereocenters. The van der Waals surface area contributed by atoms with Crippen molar-refractivity contribution in [2.45, 2.75) is 31.9 Å². The molecule has 0 aromatic heterocycles. The second-order valence-electron chi connectivity index (χ2n) is 5.12. The molecule has 2 rings (SSSR count). The third kappa shape index (κ3) is 3.33. The molecular weight excluding hydrogens is 242 g/mol. The lowest BCUT2D eigenvalue weighted by molar-refractivity contribution is 0.0694. The van der Waals surface area contributed by atoms with Crippen molar-refractivity contribution in [1.29, 1.82) is 0 Å². The first-order chi connectivity index (χ1) is 9.09. The van der Waals surface area contributed by atoms with Crippen molar-refractivity contribution < 1.29 is 14.6 Å². The van der Waals surface area contributed by atoms with Gasteiger partial charge in [0.15, 0.2) is 0 Å². The van der Waals surface area contributed by atoms with E-state index in [1.165, 1.54) is 0 Å². The van der Waals surface area contributed by atoms with E-state index in [-0.39, 0.29) is 6.10 Å². The summed E-state index contributed by atoms with van der Waals surface area (Å²) < 4.78 is 5.56. The van der Waals surface area contributed by atoms with E-state index in [1.54, 1.807) is 12.1 Å². The Kier molecular flexibility index (Phi) is 4.56. The monoisotopic (exact) mass is 263 g/mol. The van der Waals surface area contributed by atoms with Crippen LogP contribution in [0.25, 0.3) is 0 Å². The predicted molar refractivity (Wildman–Crippen MR) is 73.6 cm³/mol. The molecule has 1 aromatic rings. The smallest absolute Gasteiger partial charge is 0.335 e. The summed E-state index contributed by atoms with van der Waals surface area (Å²) in [6, 6.07) is 7.66. The summed E-state index contributed by atoms with van der Waals surface area (Å²) in [6.45, 7) is 3.77. The summed E-state index contributed by atoms with van der Waals surface area (Å²) >= 11 is 0. The summed E-state index contributed by atoms with van der Waals surface area (Å²) in [4.78, 5) is 13.4. The number of likely N-dealkylation sites (N-methyl/N-ethyl adjacent to an activating group) is 1. The quantitative estimate of drug-likeness (QED) is 0.883. The van der Waals surface area contributed by atoms with Gasteiger partial charge in [0.05, 0.1) is 11.7 Å². The maximum atomic E-state index is 11.1.